The van der Waals surface area contributed by atoms with E-state index in [9.17, 15) is 14.4 Å². The van der Waals surface area contributed by atoms with Gasteiger partial charge in [-0.2, -0.15) is 0 Å². The third kappa shape index (κ3) is 7.99. The van der Waals surface area contributed by atoms with Crippen LogP contribution in [0.15, 0.2) is 30.3 Å². The zero-order chi connectivity index (χ0) is 17.2. The molecule has 0 bridgehead atoms. The molecule has 0 aliphatic rings. The quantitative estimate of drug-likeness (QED) is 0.711. The molecule has 126 valence electrons. The van der Waals surface area contributed by atoms with Crippen molar-refractivity contribution in [3.63, 3.8) is 0 Å². The molecule has 1 atom stereocenters. The molecular formula is C17H24N2O4. The highest BCUT2D eigenvalue weighted by molar-refractivity contribution is 5.94. The van der Waals surface area contributed by atoms with Crippen molar-refractivity contribution in [1.29, 1.82) is 0 Å². The summed E-state index contributed by atoms with van der Waals surface area (Å²) in [5.74, 6) is -0.762. The van der Waals surface area contributed by atoms with E-state index in [4.69, 9.17) is 4.74 Å². The molecule has 23 heavy (non-hydrogen) atoms. The average Bonchev–Trinajstić information content (AvgIpc) is 2.51. The fourth-order valence-corrected chi connectivity index (χ4v) is 1.77. The minimum Gasteiger partial charge on any atom is -0.456 e. The van der Waals surface area contributed by atoms with Gasteiger partial charge < -0.3 is 15.4 Å². The third-order valence-electron chi connectivity index (χ3n) is 2.96. The number of carbonyl (C=O) groups excluding carboxylic acids is 3. The molecule has 0 saturated carbocycles. The van der Waals surface area contributed by atoms with Gasteiger partial charge in [0.2, 0.25) is 0 Å². The lowest BCUT2D eigenvalue weighted by Gasteiger charge is -2.13. The Morgan fingerprint density at radius 1 is 1.09 bits per heavy atom. The first kappa shape index (κ1) is 18.7. The standard InChI is InChI=1S/C17H24N2O4/c1-12(2)10-18-15(20)11-23-16(21)9-13(3)19-17(22)14-7-5-4-6-8-14/h4-8,12-13H,9-11H2,1-3H3,(H,18,20)(H,19,22). The van der Waals surface area contributed by atoms with Crippen molar-refractivity contribution in [2.24, 2.45) is 5.92 Å². The average molecular weight is 320 g/mol. The zero-order valence-corrected chi connectivity index (χ0v) is 13.8. The van der Waals surface area contributed by atoms with Crippen molar-refractivity contribution in [1.82, 2.24) is 10.6 Å². The highest BCUT2D eigenvalue weighted by Gasteiger charge is 2.15. The van der Waals surface area contributed by atoms with Gasteiger partial charge in [-0.25, -0.2) is 0 Å². The van der Waals surface area contributed by atoms with Gasteiger partial charge in [0, 0.05) is 18.2 Å². The second-order valence-electron chi connectivity index (χ2n) is 5.80. The van der Waals surface area contributed by atoms with Gasteiger partial charge >= 0.3 is 5.97 Å². The number of hydrogen-bond acceptors (Lipinski definition) is 4. The van der Waals surface area contributed by atoms with E-state index in [1.54, 1.807) is 31.2 Å². The van der Waals surface area contributed by atoms with Crippen LogP contribution in [0.1, 0.15) is 37.6 Å². The Labute approximate surface area is 136 Å². The molecule has 0 aliphatic heterocycles. The van der Waals surface area contributed by atoms with Crippen LogP contribution in [0, 0.1) is 5.92 Å². The molecular weight excluding hydrogens is 296 g/mol. The predicted octanol–water partition coefficient (Wildman–Crippen LogP) is 1.51. The molecule has 1 aromatic carbocycles. The van der Waals surface area contributed by atoms with Crippen molar-refractivity contribution in [3.05, 3.63) is 35.9 Å². The Hall–Kier alpha value is -2.37. The summed E-state index contributed by atoms with van der Waals surface area (Å²) < 4.78 is 4.89. The third-order valence-corrected chi connectivity index (χ3v) is 2.96. The van der Waals surface area contributed by atoms with Crippen LogP contribution in [0.3, 0.4) is 0 Å². The number of amides is 2. The first-order valence-electron chi connectivity index (χ1n) is 7.66. The van der Waals surface area contributed by atoms with Crippen molar-refractivity contribution >= 4 is 17.8 Å². The van der Waals surface area contributed by atoms with Crippen LogP contribution in [-0.2, 0) is 14.3 Å². The summed E-state index contributed by atoms with van der Waals surface area (Å²) in [4.78, 5) is 35.0. The van der Waals surface area contributed by atoms with Gasteiger partial charge in [0.05, 0.1) is 6.42 Å². The first-order valence-corrected chi connectivity index (χ1v) is 7.66. The maximum Gasteiger partial charge on any atom is 0.308 e. The molecule has 6 heteroatoms. The van der Waals surface area contributed by atoms with Crippen LogP contribution in [0.2, 0.25) is 0 Å². The smallest absolute Gasteiger partial charge is 0.308 e. The fraction of sp³-hybridized carbons (Fsp3) is 0.471. The molecule has 0 saturated heterocycles. The van der Waals surface area contributed by atoms with Gasteiger partial charge in [0.25, 0.3) is 11.8 Å². The van der Waals surface area contributed by atoms with Gasteiger partial charge in [-0.15, -0.1) is 0 Å². The predicted molar refractivity (Wildman–Crippen MR) is 86.8 cm³/mol. The van der Waals surface area contributed by atoms with Gasteiger partial charge in [-0.1, -0.05) is 32.0 Å². The number of nitrogens with one attached hydrogen (secondary N) is 2. The number of benzene rings is 1. The van der Waals surface area contributed by atoms with Crippen LogP contribution in [0.25, 0.3) is 0 Å². The number of hydrogen-bond donors (Lipinski definition) is 2. The summed E-state index contributed by atoms with van der Waals surface area (Å²) in [6, 6.07) is 8.36. The van der Waals surface area contributed by atoms with Crippen LogP contribution < -0.4 is 10.6 Å². The van der Waals surface area contributed by atoms with Crippen LogP contribution in [-0.4, -0.2) is 37.0 Å². The van der Waals surface area contributed by atoms with Crippen molar-refractivity contribution in [2.45, 2.75) is 33.2 Å². The van der Waals surface area contributed by atoms with Crippen LogP contribution in [0.5, 0.6) is 0 Å². The second-order valence-corrected chi connectivity index (χ2v) is 5.80. The van der Waals surface area contributed by atoms with E-state index in [0.717, 1.165) is 0 Å². The molecule has 0 spiro atoms. The van der Waals surface area contributed by atoms with Gasteiger partial charge in [-0.3, -0.25) is 14.4 Å². The summed E-state index contributed by atoms with van der Waals surface area (Å²) in [6.07, 6.45) is 0.00995. The molecule has 6 nitrogen and oxygen atoms in total. The molecule has 0 aromatic heterocycles. The summed E-state index contributed by atoms with van der Waals surface area (Å²) in [7, 11) is 0. The molecule has 2 N–H and O–H groups in total. The number of esters is 1. The van der Waals surface area contributed by atoms with Crippen molar-refractivity contribution in [2.75, 3.05) is 13.2 Å². The van der Waals surface area contributed by atoms with Gasteiger partial charge in [-0.05, 0) is 25.0 Å². The molecule has 0 fully saturated rings. The Bertz CT molecular complexity index is 529. The number of carbonyl (C=O) groups is 3. The lowest BCUT2D eigenvalue weighted by molar-refractivity contribution is -0.148. The minimum absolute atomic E-state index is 0.00995. The highest BCUT2D eigenvalue weighted by Crippen LogP contribution is 2.01. The minimum atomic E-state index is -0.523. The van der Waals surface area contributed by atoms with Gasteiger partial charge in [0.15, 0.2) is 6.61 Å². The molecule has 1 aromatic rings. The fourth-order valence-electron chi connectivity index (χ4n) is 1.77. The summed E-state index contributed by atoms with van der Waals surface area (Å²) in [5.41, 5.74) is 0.529. The maximum atomic E-state index is 11.9. The normalized spacial score (nSPS) is 11.7. The Morgan fingerprint density at radius 2 is 1.74 bits per heavy atom. The van der Waals surface area contributed by atoms with E-state index in [2.05, 4.69) is 10.6 Å². The van der Waals surface area contributed by atoms with E-state index in [-0.39, 0.29) is 30.9 Å². The second kappa shape index (κ2) is 9.61. The summed E-state index contributed by atoms with van der Waals surface area (Å²) in [5, 5.41) is 5.37. The Balaban J connectivity index is 2.28. The molecule has 0 aliphatic carbocycles. The monoisotopic (exact) mass is 320 g/mol. The SMILES string of the molecule is CC(C)CNC(=O)COC(=O)CC(C)NC(=O)c1ccccc1. The van der Waals surface area contributed by atoms with Crippen molar-refractivity contribution < 1.29 is 19.1 Å². The molecule has 1 rings (SSSR count). The first-order chi connectivity index (χ1) is 10.9. The maximum absolute atomic E-state index is 11.9. The zero-order valence-electron chi connectivity index (χ0n) is 13.8. The van der Waals surface area contributed by atoms with E-state index in [0.29, 0.717) is 18.0 Å². The molecule has 0 heterocycles. The highest BCUT2D eigenvalue weighted by atomic mass is 16.5. The summed E-state index contributed by atoms with van der Waals surface area (Å²) >= 11 is 0. The van der Waals surface area contributed by atoms with Crippen molar-refractivity contribution in [3.8, 4) is 0 Å². The van der Waals surface area contributed by atoms with E-state index in [1.165, 1.54) is 0 Å². The molecule has 2 amide bonds. The largest absolute Gasteiger partial charge is 0.456 e. The molecule has 1 unspecified atom stereocenters. The van der Waals surface area contributed by atoms with Crippen LogP contribution in [0.4, 0.5) is 0 Å². The van der Waals surface area contributed by atoms with E-state index < -0.39 is 5.97 Å². The topological polar surface area (TPSA) is 84.5 Å². The number of ether oxygens (including phenoxy) is 1. The number of rotatable bonds is 8. The lowest BCUT2D eigenvalue weighted by atomic mass is 10.2. The Kier molecular flexibility index (Phi) is 7.80. The van der Waals surface area contributed by atoms with E-state index in [1.807, 2.05) is 19.9 Å². The van der Waals surface area contributed by atoms with E-state index >= 15 is 0 Å². The van der Waals surface area contributed by atoms with Crippen LogP contribution >= 0.6 is 0 Å². The lowest BCUT2D eigenvalue weighted by Crippen LogP contribution is -2.36. The Morgan fingerprint density at radius 3 is 2.35 bits per heavy atom. The molecule has 0 radical (unpaired) electrons. The summed E-state index contributed by atoms with van der Waals surface area (Å²) in [6.45, 7) is 5.90. The van der Waals surface area contributed by atoms with Gasteiger partial charge in [0.1, 0.15) is 0 Å².